The molecule has 7 atom stereocenters. The van der Waals surface area contributed by atoms with Crippen molar-refractivity contribution in [3.05, 3.63) is 36.5 Å². The average Bonchev–Trinajstić information content (AvgIpc) is 3.25. The van der Waals surface area contributed by atoms with Crippen LogP contribution in [0, 0.1) is 17.8 Å². The molecule has 4 rings (SSSR count). The van der Waals surface area contributed by atoms with Crippen molar-refractivity contribution in [1.82, 2.24) is 0 Å². The summed E-state index contributed by atoms with van der Waals surface area (Å²) in [6.07, 6.45) is -0.804. The van der Waals surface area contributed by atoms with Crippen LogP contribution in [0.2, 0.25) is 0 Å². The van der Waals surface area contributed by atoms with Crippen LogP contribution in [0.1, 0.15) is 19.8 Å². The summed E-state index contributed by atoms with van der Waals surface area (Å²) in [6, 6.07) is 0. The first-order valence-electron chi connectivity index (χ1n) is 8.53. The summed E-state index contributed by atoms with van der Waals surface area (Å²) >= 11 is 0. The third-order valence-electron chi connectivity index (χ3n) is 6.18. The van der Waals surface area contributed by atoms with Gasteiger partial charge in [0.25, 0.3) is 0 Å². The van der Waals surface area contributed by atoms with Gasteiger partial charge in [-0.05, 0) is 31.3 Å². The molecule has 0 bridgehead atoms. The second kappa shape index (κ2) is 5.29. The van der Waals surface area contributed by atoms with Gasteiger partial charge in [-0.3, -0.25) is 0 Å². The second-order valence-corrected chi connectivity index (χ2v) is 7.61. The second-order valence-electron chi connectivity index (χ2n) is 7.61. The zero-order valence-electron chi connectivity index (χ0n) is 14.2. The van der Waals surface area contributed by atoms with E-state index in [9.17, 15) is 14.7 Å². The van der Waals surface area contributed by atoms with Crippen LogP contribution in [0.15, 0.2) is 36.5 Å². The minimum absolute atomic E-state index is 0.144. The standard InChI is InChI=1S/C19H22O6/c1-8(2)17(21)24-13-5-12-10(4)18(22)25-16(12)15-11(9(13)3)6-14(20)19(15)7-23-19/h11-16,20H,1,3-7H2,2H3/t11-,12-,13+,14-,15-,16-,19+/m0/s1. The Bertz CT molecular complexity index is 703. The van der Waals surface area contributed by atoms with Crippen LogP contribution < -0.4 is 0 Å². The Morgan fingerprint density at radius 3 is 2.60 bits per heavy atom. The number of epoxide rings is 1. The van der Waals surface area contributed by atoms with Crippen LogP contribution in [-0.2, 0) is 23.8 Å². The fraction of sp³-hybridized carbons (Fsp3) is 0.579. The van der Waals surface area contributed by atoms with Crippen molar-refractivity contribution >= 4 is 11.9 Å². The van der Waals surface area contributed by atoms with Gasteiger partial charge < -0.3 is 19.3 Å². The molecule has 0 aromatic heterocycles. The molecule has 1 N–H and O–H groups in total. The van der Waals surface area contributed by atoms with Crippen LogP contribution in [-0.4, -0.2) is 47.6 Å². The molecule has 4 fully saturated rings. The first-order chi connectivity index (χ1) is 11.8. The first-order valence-corrected chi connectivity index (χ1v) is 8.53. The average molecular weight is 346 g/mol. The summed E-state index contributed by atoms with van der Waals surface area (Å²) in [5.74, 6) is -1.55. The number of aliphatic hydroxyl groups is 1. The summed E-state index contributed by atoms with van der Waals surface area (Å²) in [6.45, 7) is 13.7. The molecule has 2 saturated heterocycles. The van der Waals surface area contributed by atoms with Crippen molar-refractivity contribution in [2.75, 3.05) is 6.61 Å². The minimum Gasteiger partial charge on any atom is -0.458 e. The maximum absolute atomic E-state index is 12.1. The van der Waals surface area contributed by atoms with Gasteiger partial charge in [0.15, 0.2) is 0 Å². The fourth-order valence-electron chi connectivity index (χ4n) is 4.71. The van der Waals surface area contributed by atoms with Crippen LogP contribution in [0.5, 0.6) is 0 Å². The highest BCUT2D eigenvalue weighted by Gasteiger charge is 2.70. The molecule has 2 saturated carbocycles. The Balaban J connectivity index is 1.72. The summed E-state index contributed by atoms with van der Waals surface area (Å²) in [4.78, 5) is 24.1. The van der Waals surface area contributed by atoms with Gasteiger partial charge in [-0.1, -0.05) is 19.7 Å². The van der Waals surface area contributed by atoms with Crippen molar-refractivity contribution < 1.29 is 28.9 Å². The van der Waals surface area contributed by atoms with Crippen molar-refractivity contribution in [3.63, 3.8) is 0 Å². The quantitative estimate of drug-likeness (QED) is 0.351. The molecule has 0 amide bonds. The number of hydrogen-bond donors (Lipinski definition) is 1. The van der Waals surface area contributed by atoms with E-state index in [2.05, 4.69) is 19.7 Å². The van der Waals surface area contributed by atoms with Crippen LogP contribution >= 0.6 is 0 Å². The van der Waals surface area contributed by atoms with E-state index >= 15 is 0 Å². The lowest BCUT2D eigenvalue weighted by atomic mass is 9.79. The van der Waals surface area contributed by atoms with E-state index in [0.717, 1.165) is 5.57 Å². The number of carbonyl (C=O) groups excluding carboxylic acids is 2. The highest BCUT2D eigenvalue weighted by atomic mass is 16.6. The Hall–Kier alpha value is -1.92. The number of ether oxygens (including phenoxy) is 3. The fourth-order valence-corrected chi connectivity index (χ4v) is 4.71. The monoisotopic (exact) mass is 346 g/mol. The highest BCUT2D eigenvalue weighted by Crippen LogP contribution is 2.60. The molecular weight excluding hydrogens is 324 g/mol. The molecular formula is C19H22O6. The van der Waals surface area contributed by atoms with Crippen LogP contribution in [0.4, 0.5) is 0 Å². The van der Waals surface area contributed by atoms with Crippen LogP contribution in [0.3, 0.4) is 0 Å². The molecule has 0 unspecified atom stereocenters. The summed E-state index contributed by atoms with van der Waals surface area (Å²) < 4.78 is 16.9. The van der Waals surface area contributed by atoms with E-state index in [1.165, 1.54) is 0 Å². The van der Waals surface area contributed by atoms with Gasteiger partial charge in [0.1, 0.15) is 17.8 Å². The van der Waals surface area contributed by atoms with E-state index in [4.69, 9.17) is 14.2 Å². The van der Waals surface area contributed by atoms with Crippen molar-refractivity contribution in [2.24, 2.45) is 17.8 Å². The zero-order valence-corrected chi connectivity index (χ0v) is 14.2. The third kappa shape index (κ3) is 2.24. The third-order valence-corrected chi connectivity index (χ3v) is 6.18. The molecule has 0 radical (unpaired) electrons. The summed E-state index contributed by atoms with van der Waals surface area (Å²) in [5, 5.41) is 10.5. The maximum atomic E-state index is 12.1. The van der Waals surface area contributed by atoms with Gasteiger partial charge in [-0.2, -0.15) is 0 Å². The van der Waals surface area contributed by atoms with E-state index in [-0.39, 0.29) is 17.8 Å². The number of hydrogen-bond acceptors (Lipinski definition) is 6. The number of carbonyl (C=O) groups is 2. The van der Waals surface area contributed by atoms with E-state index < -0.39 is 35.9 Å². The number of esters is 2. The molecule has 134 valence electrons. The lowest BCUT2D eigenvalue weighted by Gasteiger charge is -2.28. The zero-order chi connectivity index (χ0) is 18.1. The lowest BCUT2D eigenvalue weighted by Crippen LogP contribution is -2.40. The topological polar surface area (TPSA) is 85.4 Å². The van der Waals surface area contributed by atoms with Gasteiger partial charge in [0.2, 0.25) is 0 Å². The van der Waals surface area contributed by atoms with Crippen LogP contribution in [0.25, 0.3) is 0 Å². The molecule has 2 heterocycles. The molecule has 6 nitrogen and oxygen atoms in total. The van der Waals surface area contributed by atoms with Gasteiger partial charge in [-0.25, -0.2) is 9.59 Å². The van der Waals surface area contributed by atoms with Gasteiger partial charge in [-0.15, -0.1) is 0 Å². The van der Waals surface area contributed by atoms with Crippen molar-refractivity contribution in [2.45, 2.75) is 43.7 Å². The molecule has 1 spiro atoms. The molecule has 2 aliphatic carbocycles. The maximum Gasteiger partial charge on any atom is 0.334 e. The molecule has 0 aromatic rings. The normalized spacial score (nSPS) is 44.8. The SMILES string of the molecule is C=C(C)C(=O)O[C@@H]1C[C@H]2C(=C)C(=O)O[C@@H]2[C@@H]2[C@@H](C[C@H](O)[C@]23CO3)C1=C. The number of fused-ring (bicyclic) bond motifs is 4. The Kier molecular flexibility index (Phi) is 3.50. The molecule has 4 aliphatic rings. The van der Waals surface area contributed by atoms with Crippen molar-refractivity contribution in [3.8, 4) is 0 Å². The highest BCUT2D eigenvalue weighted by molar-refractivity contribution is 5.91. The molecule has 2 aliphatic heterocycles. The Morgan fingerprint density at radius 2 is 2.00 bits per heavy atom. The predicted molar refractivity (Wildman–Crippen MR) is 87.2 cm³/mol. The molecule has 6 heteroatoms. The Labute approximate surface area is 146 Å². The van der Waals surface area contributed by atoms with Gasteiger partial charge in [0.05, 0.1) is 12.7 Å². The number of rotatable bonds is 2. The predicted octanol–water partition coefficient (Wildman–Crippen LogP) is 1.30. The van der Waals surface area contributed by atoms with E-state index in [1.54, 1.807) is 6.92 Å². The van der Waals surface area contributed by atoms with Gasteiger partial charge >= 0.3 is 11.9 Å². The Morgan fingerprint density at radius 1 is 1.32 bits per heavy atom. The largest absolute Gasteiger partial charge is 0.458 e. The summed E-state index contributed by atoms with van der Waals surface area (Å²) in [5.41, 5.74) is 0.738. The molecule has 0 aromatic carbocycles. The lowest BCUT2D eigenvalue weighted by molar-refractivity contribution is -0.144. The number of aliphatic hydroxyl groups excluding tert-OH is 1. The summed E-state index contributed by atoms with van der Waals surface area (Å²) in [7, 11) is 0. The first kappa shape index (κ1) is 16.5. The minimum atomic E-state index is -0.686. The smallest absolute Gasteiger partial charge is 0.334 e. The van der Waals surface area contributed by atoms with Crippen molar-refractivity contribution in [1.29, 1.82) is 0 Å². The molecule has 25 heavy (non-hydrogen) atoms. The van der Waals surface area contributed by atoms with E-state index in [0.29, 0.717) is 30.6 Å². The van der Waals surface area contributed by atoms with Gasteiger partial charge in [0, 0.05) is 23.0 Å². The van der Waals surface area contributed by atoms with E-state index in [1.807, 2.05) is 0 Å².